The number of imide groups is 1. The molecule has 1 aliphatic heterocycles. The number of thioether (sulfide) groups is 1. The average Bonchev–Trinajstić information content (AvgIpc) is 3.18. The second kappa shape index (κ2) is 8.67. The fraction of sp³-hybridized carbons (Fsp3) is 0.316. The summed E-state index contributed by atoms with van der Waals surface area (Å²) in [5.74, 6) is -0.0729. The van der Waals surface area contributed by atoms with E-state index in [4.69, 9.17) is 0 Å². The third-order valence-electron chi connectivity index (χ3n) is 4.36. The third-order valence-corrected chi connectivity index (χ3v) is 7.22. The standard InChI is InChI=1S/C19H20BrN3O3S2/c1-12-3-5-13(6-4-12)27-10-9-21-16(24)11-23-17(25)19(2,22-18(23)26)14-7-8-15(20)28-14/h3-8H,9-11H2,1-2H3,(H,21,24)(H,22,26). The van der Waals surface area contributed by atoms with Gasteiger partial charge in [0.2, 0.25) is 5.91 Å². The number of benzene rings is 1. The second-order valence-electron chi connectivity index (χ2n) is 6.56. The van der Waals surface area contributed by atoms with Crippen LogP contribution in [0.3, 0.4) is 0 Å². The lowest BCUT2D eigenvalue weighted by molar-refractivity contribution is -0.134. The topological polar surface area (TPSA) is 78.5 Å². The van der Waals surface area contributed by atoms with Gasteiger partial charge in [-0.05, 0) is 54.0 Å². The van der Waals surface area contributed by atoms with Crippen LogP contribution in [0.5, 0.6) is 0 Å². The third kappa shape index (κ3) is 4.59. The highest BCUT2D eigenvalue weighted by molar-refractivity contribution is 9.11. The van der Waals surface area contributed by atoms with E-state index in [9.17, 15) is 14.4 Å². The number of nitrogens with zero attached hydrogens (tertiary/aromatic N) is 1. The van der Waals surface area contributed by atoms with Crippen molar-refractivity contribution in [3.63, 3.8) is 0 Å². The van der Waals surface area contributed by atoms with Crippen molar-refractivity contribution >= 4 is 56.9 Å². The van der Waals surface area contributed by atoms with E-state index in [1.54, 1.807) is 24.8 Å². The lowest BCUT2D eigenvalue weighted by Gasteiger charge is -2.20. The number of urea groups is 1. The fourth-order valence-corrected chi connectivity index (χ4v) is 5.03. The monoisotopic (exact) mass is 481 g/mol. The molecule has 28 heavy (non-hydrogen) atoms. The molecule has 0 spiro atoms. The van der Waals surface area contributed by atoms with Gasteiger partial charge in [0.25, 0.3) is 5.91 Å². The van der Waals surface area contributed by atoms with Crippen LogP contribution in [0.2, 0.25) is 0 Å². The van der Waals surface area contributed by atoms with E-state index in [0.717, 1.165) is 18.5 Å². The summed E-state index contributed by atoms with van der Waals surface area (Å²) in [6, 6.07) is 11.2. The predicted octanol–water partition coefficient (Wildman–Crippen LogP) is 3.49. The Labute approximate surface area is 180 Å². The normalized spacial score (nSPS) is 19.0. The Hall–Kier alpha value is -1.84. The molecule has 1 aromatic heterocycles. The van der Waals surface area contributed by atoms with E-state index in [0.29, 0.717) is 12.3 Å². The Morgan fingerprint density at radius 3 is 2.61 bits per heavy atom. The zero-order valence-electron chi connectivity index (χ0n) is 15.5. The summed E-state index contributed by atoms with van der Waals surface area (Å²) >= 11 is 6.38. The average molecular weight is 482 g/mol. The van der Waals surface area contributed by atoms with E-state index < -0.39 is 17.5 Å². The van der Waals surface area contributed by atoms with Gasteiger partial charge in [0.05, 0.1) is 3.79 Å². The molecule has 1 aliphatic rings. The summed E-state index contributed by atoms with van der Waals surface area (Å²) in [7, 11) is 0. The maximum absolute atomic E-state index is 12.8. The van der Waals surface area contributed by atoms with Gasteiger partial charge in [0.15, 0.2) is 5.54 Å². The molecule has 2 heterocycles. The van der Waals surface area contributed by atoms with E-state index >= 15 is 0 Å². The molecule has 3 rings (SSSR count). The van der Waals surface area contributed by atoms with E-state index in [2.05, 4.69) is 26.6 Å². The maximum Gasteiger partial charge on any atom is 0.325 e. The van der Waals surface area contributed by atoms with Crippen molar-refractivity contribution in [1.82, 2.24) is 15.5 Å². The van der Waals surface area contributed by atoms with Crippen molar-refractivity contribution < 1.29 is 14.4 Å². The molecule has 148 valence electrons. The number of aryl methyl sites for hydroxylation is 1. The number of carbonyl (C=O) groups is 3. The SMILES string of the molecule is Cc1ccc(SCCNC(=O)CN2C(=O)NC(C)(c3ccc(Br)s3)C2=O)cc1. The van der Waals surface area contributed by atoms with Gasteiger partial charge in [-0.2, -0.15) is 0 Å². The number of nitrogens with one attached hydrogen (secondary N) is 2. The van der Waals surface area contributed by atoms with Gasteiger partial charge in [0.1, 0.15) is 6.54 Å². The Morgan fingerprint density at radius 1 is 1.25 bits per heavy atom. The number of hydrogen-bond donors (Lipinski definition) is 2. The Kier molecular flexibility index (Phi) is 6.47. The predicted molar refractivity (Wildman–Crippen MR) is 115 cm³/mol. The van der Waals surface area contributed by atoms with Gasteiger partial charge in [-0.25, -0.2) is 4.79 Å². The lowest BCUT2D eigenvalue weighted by atomic mass is 10.0. The number of hydrogen-bond acceptors (Lipinski definition) is 5. The van der Waals surface area contributed by atoms with Gasteiger partial charge in [-0.3, -0.25) is 14.5 Å². The van der Waals surface area contributed by atoms with Crippen molar-refractivity contribution in [1.29, 1.82) is 0 Å². The second-order valence-corrected chi connectivity index (χ2v) is 10.2. The molecule has 2 aromatic rings. The Balaban J connectivity index is 1.50. The van der Waals surface area contributed by atoms with Crippen molar-refractivity contribution in [3.05, 3.63) is 50.6 Å². The highest BCUT2D eigenvalue weighted by atomic mass is 79.9. The van der Waals surface area contributed by atoms with Crippen molar-refractivity contribution in [2.45, 2.75) is 24.3 Å². The molecule has 1 unspecified atom stereocenters. The van der Waals surface area contributed by atoms with Crippen molar-refractivity contribution in [2.75, 3.05) is 18.8 Å². The summed E-state index contributed by atoms with van der Waals surface area (Å²) in [6.07, 6.45) is 0. The van der Waals surface area contributed by atoms with Gasteiger partial charge in [0, 0.05) is 22.1 Å². The number of rotatable bonds is 7. The minimum Gasteiger partial charge on any atom is -0.354 e. The van der Waals surface area contributed by atoms with Crippen LogP contribution in [0.15, 0.2) is 45.1 Å². The molecule has 1 atom stereocenters. The number of amides is 4. The summed E-state index contributed by atoms with van der Waals surface area (Å²) < 4.78 is 0.869. The molecule has 1 aromatic carbocycles. The van der Waals surface area contributed by atoms with Crippen LogP contribution in [0, 0.1) is 6.92 Å². The molecular weight excluding hydrogens is 462 g/mol. The molecule has 0 saturated carbocycles. The molecule has 6 nitrogen and oxygen atoms in total. The Bertz CT molecular complexity index is 900. The summed E-state index contributed by atoms with van der Waals surface area (Å²) in [5.41, 5.74) is 0.0584. The van der Waals surface area contributed by atoms with Crippen LogP contribution in [-0.2, 0) is 15.1 Å². The highest BCUT2D eigenvalue weighted by Gasteiger charge is 2.50. The van der Waals surface area contributed by atoms with E-state index in [1.807, 2.05) is 37.3 Å². The van der Waals surface area contributed by atoms with Gasteiger partial charge < -0.3 is 10.6 Å². The van der Waals surface area contributed by atoms with Crippen LogP contribution in [0.4, 0.5) is 4.79 Å². The molecule has 9 heteroatoms. The number of halogens is 1. The summed E-state index contributed by atoms with van der Waals surface area (Å²) in [5, 5.41) is 5.47. The smallest absolute Gasteiger partial charge is 0.325 e. The van der Waals surface area contributed by atoms with Crippen LogP contribution in [0.1, 0.15) is 17.4 Å². The first kappa shape index (κ1) is 20.9. The Morgan fingerprint density at radius 2 is 1.96 bits per heavy atom. The molecule has 0 aliphatic carbocycles. The minimum absolute atomic E-state index is 0.290. The molecule has 0 bridgehead atoms. The van der Waals surface area contributed by atoms with E-state index in [1.165, 1.54) is 16.9 Å². The van der Waals surface area contributed by atoms with Crippen LogP contribution >= 0.6 is 39.0 Å². The minimum atomic E-state index is -1.14. The van der Waals surface area contributed by atoms with Gasteiger partial charge in [-0.1, -0.05) is 17.7 Å². The number of thiophene rings is 1. The first-order chi connectivity index (χ1) is 13.3. The van der Waals surface area contributed by atoms with Gasteiger partial charge in [-0.15, -0.1) is 23.1 Å². The van der Waals surface area contributed by atoms with Crippen molar-refractivity contribution in [2.24, 2.45) is 0 Å². The van der Waals surface area contributed by atoms with Gasteiger partial charge >= 0.3 is 6.03 Å². The molecule has 1 saturated heterocycles. The first-order valence-electron chi connectivity index (χ1n) is 8.66. The zero-order valence-corrected chi connectivity index (χ0v) is 18.7. The molecule has 2 N–H and O–H groups in total. The van der Waals surface area contributed by atoms with Crippen LogP contribution < -0.4 is 10.6 Å². The fourth-order valence-electron chi connectivity index (χ4n) is 2.78. The largest absolute Gasteiger partial charge is 0.354 e. The zero-order chi connectivity index (χ0) is 20.3. The summed E-state index contributed by atoms with van der Waals surface area (Å²) in [4.78, 5) is 40.1. The van der Waals surface area contributed by atoms with Crippen LogP contribution in [0.25, 0.3) is 0 Å². The summed E-state index contributed by atoms with van der Waals surface area (Å²) in [6.45, 7) is 3.85. The molecule has 4 amide bonds. The highest BCUT2D eigenvalue weighted by Crippen LogP contribution is 2.35. The van der Waals surface area contributed by atoms with Crippen LogP contribution in [-0.4, -0.2) is 41.6 Å². The quantitative estimate of drug-likeness (QED) is 0.360. The van der Waals surface area contributed by atoms with E-state index in [-0.39, 0.29) is 12.5 Å². The lowest BCUT2D eigenvalue weighted by Crippen LogP contribution is -2.43. The number of carbonyl (C=O) groups excluding carboxylic acids is 3. The maximum atomic E-state index is 12.8. The molecular formula is C19H20BrN3O3S2. The molecule has 0 radical (unpaired) electrons. The first-order valence-corrected chi connectivity index (χ1v) is 11.3. The molecule has 1 fully saturated rings. The van der Waals surface area contributed by atoms with Crippen molar-refractivity contribution in [3.8, 4) is 0 Å².